The summed E-state index contributed by atoms with van der Waals surface area (Å²) in [6.45, 7) is 2.02. The van der Waals surface area contributed by atoms with Gasteiger partial charge in [-0.2, -0.15) is 0 Å². The third-order valence-electron chi connectivity index (χ3n) is 5.39. The summed E-state index contributed by atoms with van der Waals surface area (Å²) >= 11 is 0. The molecule has 7 nitrogen and oxygen atoms in total. The molecule has 0 aromatic carbocycles. The van der Waals surface area contributed by atoms with Crippen LogP contribution in [0.15, 0.2) is 36.5 Å². The van der Waals surface area contributed by atoms with E-state index in [1.165, 1.54) is 38.2 Å². The molecule has 1 aliphatic carbocycles. The maximum atomic E-state index is 12.2. The van der Waals surface area contributed by atoms with E-state index >= 15 is 0 Å². The summed E-state index contributed by atoms with van der Waals surface area (Å²) in [5, 5.41) is 23.7. The zero-order valence-corrected chi connectivity index (χ0v) is 17.3. The Morgan fingerprint density at radius 3 is 2.66 bits per heavy atom. The fourth-order valence-corrected chi connectivity index (χ4v) is 3.72. The van der Waals surface area contributed by atoms with Crippen LogP contribution in [0.3, 0.4) is 0 Å². The van der Waals surface area contributed by atoms with Crippen LogP contribution in [0, 0.1) is 0 Å². The van der Waals surface area contributed by atoms with Gasteiger partial charge in [0.15, 0.2) is 17.7 Å². The number of carbonyl (C=O) groups is 2. The Morgan fingerprint density at radius 1 is 1.31 bits per heavy atom. The fourth-order valence-electron chi connectivity index (χ4n) is 3.72. The number of hydrogen-bond donors (Lipinski definition) is 3. The second-order valence-corrected chi connectivity index (χ2v) is 7.58. The first-order chi connectivity index (χ1) is 13.9. The number of allylic oxidation sites excluding steroid dienone is 3. The van der Waals surface area contributed by atoms with Crippen LogP contribution in [0.4, 0.5) is 0 Å². The molecule has 162 valence electrons. The van der Waals surface area contributed by atoms with E-state index in [0.717, 1.165) is 25.7 Å². The van der Waals surface area contributed by atoms with Gasteiger partial charge in [-0.15, -0.1) is 0 Å². The number of hydrogen-bond acceptors (Lipinski definition) is 6. The summed E-state index contributed by atoms with van der Waals surface area (Å²) in [5.74, 6) is -0.915. The highest BCUT2D eigenvalue weighted by Crippen LogP contribution is 2.35. The topological polar surface area (TPSA) is 105 Å². The van der Waals surface area contributed by atoms with Crippen molar-refractivity contribution in [2.24, 2.45) is 0 Å². The quantitative estimate of drug-likeness (QED) is 0.290. The van der Waals surface area contributed by atoms with Crippen LogP contribution in [0.5, 0.6) is 0 Å². The molecule has 2 rings (SSSR count). The van der Waals surface area contributed by atoms with Gasteiger partial charge in [0.05, 0.1) is 6.04 Å². The zero-order chi connectivity index (χ0) is 21.3. The molecule has 1 amide bonds. The summed E-state index contributed by atoms with van der Waals surface area (Å²) in [4.78, 5) is 24.4. The molecule has 1 fully saturated rings. The Labute approximate surface area is 172 Å². The zero-order valence-electron chi connectivity index (χ0n) is 17.3. The van der Waals surface area contributed by atoms with Crippen molar-refractivity contribution >= 4 is 11.7 Å². The van der Waals surface area contributed by atoms with E-state index in [1.807, 2.05) is 6.92 Å². The largest absolute Gasteiger partial charge is 0.379 e. The highest BCUT2D eigenvalue weighted by molar-refractivity contribution is 5.99. The molecule has 29 heavy (non-hydrogen) atoms. The molecule has 0 aromatic rings. The molecule has 0 radical (unpaired) electrons. The predicted molar refractivity (Wildman–Crippen MR) is 109 cm³/mol. The van der Waals surface area contributed by atoms with Gasteiger partial charge in [0, 0.05) is 13.5 Å². The second kappa shape index (κ2) is 11.4. The number of nitrogens with one attached hydrogen (secondary N) is 1. The predicted octanol–water partition coefficient (Wildman–Crippen LogP) is 1.94. The average molecular weight is 408 g/mol. The lowest BCUT2D eigenvalue weighted by Crippen LogP contribution is -2.67. The fraction of sp³-hybridized carbons (Fsp3) is 0.636. The minimum Gasteiger partial charge on any atom is -0.379 e. The van der Waals surface area contributed by atoms with Crippen LogP contribution >= 0.6 is 0 Å². The van der Waals surface area contributed by atoms with Gasteiger partial charge >= 0.3 is 0 Å². The lowest BCUT2D eigenvalue weighted by Gasteiger charge is -2.47. The standard InChI is InChI=1S/C22H33NO6/c1-3-4-5-6-7-8-9-10-11-12-19(25)23-16-15-22(27)18(24)14-13-17(28-2)20(22)29-21(16)26/h3-4,11-14,16-17,20-21,26-27H,5-10,15H2,1-2H3,(H,23,25). The molecule has 1 saturated heterocycles. The lowest BCUT2D eigenvalue weighted by molar-refractivity contribution is -0.260. The van der Waals surface area contributed by atoms with Crippen molar-refractivity contribution in [1.29, 1.82) is 0 Å². The van der Waals surface area contributed by atoms with Crippen LogP contribution in [0.2, 0.25) is 0 Å². The average Bonchev–Trinajstić information content (AvgIpc) is 2.69. The normalized spacial score (nSPS) is 32.1. The molecule has 3 N–H and O–H groups in total. The van der Waals surface area contributed by atoms with Gasteiger partial charge in [0.1, 0.15) is 12.2 Å². The molecule has 0 aromatic heterocycles. The lowest BCUT2D eigenvalue weighted by atomic mass is 9.77. The van der Waals surface area contributed by atoms with Gasteiger partial charge in [-0.25, -0.2) is 0 Å². The number of ketones is 1. The molecule has 0 bridgehead atoms. The van der Waals surface area contributed by atoms with Crippen molar-refractivity contribution in [1.82, 2.24) is 5.32 Å². The van der Waals surface area contributed by atoms with E-state index in [9.17, 15) is 19.8 Å². The number of fused-ring (bicyclic) bond motifs is 1. The number of ether oxygens (including phenoxy) is 2. The maximum Gasteiger partial charge on any atom is 0.244 e. The van der Waals surface area contributed by atoms with Crippen molar-refractivity contribution in [2.75, 3.05) is 7.11 Å². The molecule has 5 unspecified atom stereocenters. The van der Waals surface area contributed by atoms with Crippen LogP contribution < -0.4 is 5.32 Å². The molecule has 1 aliphatic heterocycles. The molecular weight excluding hydrogens is 374 g/mol. The van der Waals surface area contributed by atoms with Crippen LogP contribution in [0.1, 0.15) is 51.9 Å². The maximum absolute atomic E-state index is 12.2. The van der Waals surface area contributed by atoms with Gasteiger partial charge < -0.3 is 25.0 Å². The number of rotatable bonds is 10. The van der Waals surface area contributed by atoms with E-state index in [4.69, 9.17) is 9.47 Å². The molecule has 2 aliphatic rings. The van der Waals surface area contributed by atoms with E-state index in [0.29, 0.717) is 0 Å². The summed E-state index contributed by atoms with van der Waals surface area (Å²) in [5.41, 5.74) is -1.84. The van der Waals surface area contributed by atoms with Crippen molar-refractivity contribution in [3.05, 3.63) is 36.5 Å². The van der Waals surface area contributed by atoms with Crippen LogP contribution in [0.25, 0.3) is 0 Å². The minimum absolute atomic E-state index is 0.145. The van der Waals surface area contributed by atoms with E-state index < -0.39 is 41.8 Å². The molecule has 0 saturated carbocycles. The molecule has 7 heteroatoms. The molecule has 1 heterocycles. The van der Waals surface area contributed by atoms with E-state index in [1.54, 1.807) is 6.08 Å². The third kappa shape index (κ3) is 6.34. The Balaban J connectivity index is 1.79. The summed E-state index contributed by atoms with van der Waals surface area (Å²) in [7, 11) is 1.43. The number of methoxy groups -OCH3 is 1. The first-order valence-electron chi connectivity index (χ1n) is 10.3. The summed E-state index contributed by atoms with van der Waals surface area (Å²) < 4.78 is 10.7. The highest BCUT2D eigenvalue weighted by Gasteiger charge is 2.56. The van der Waals surface area contributed by atoms with Gasteiger partial charge in [-0.1, -0.05) is 31.1 Å². The minimum atomic E-state index is -1.84. The summed E-state index contributed by atoms with van der Waals surface area (Å²) in [6.07, 6.45) is 13.4. The number of aliphatic hydroxyl groups is 2. The van der Waals surface area contributed by atoms with E-state index in [2.05, 4.69) is 17.5 Å². The Hall–Kier alpha value is -1.80. The third-order valence-corrected chi connectivity index (χ3v) is 5.39. The first kappa shape index (κ1) is 23.5. The number of unbranched alkanes of at least 4 members (excludes halogenated alkanes) is 5. The molecular formula is C22H33NO6. The van der Waals surface area contributed by atoms with Gasteiger partial charge in [0.25, 0.3) is 0 Å². The molecule has 5 atom stereocenters. The Morgan fingerprint density at radius 2 is 2.00 bits per heavy atom. The smallest absolute Gasteiger partial charge is 0.244 e. The van der Waals surface area contributed by atoms with Gasteiger partial charge in [0.2, 0.25) is 5.91 Å². The van der Waals surface area contributed by atoms with Gasteiger partial charge in [-0.05, 0) is 50.8 Å². The molecule has 0 spiro atoms. The Kier molecular flexibility index (Phi) is 9.23. The number of aliphatic hydroxyl groups excluding tert-OH is 1. The van der Waals surface area contributed by atoms with E-state index in [-0.39, 0.29) is 6.42 Å². The van der Waals surface area contributed by atoms with Crippen molar-refractivity contribution in [3.8, 4) is 0 Å². The monoisotopic (exact) mass is 407 g/mol. The SMILES string of the molecule is CC=CCCCCCCC=CC(=O)NC1CC2(O)C(=O)C=CC(OC)C2OC1O. The van der Waals surface area contributed by atoms with Crippen molar-refractivity contribution < 1.29 is 29.3 Å². The van der Waals surface area contributed by atoms with Crippen molar-refractivity contribution in [3.63, 3.8) is 0 Å². The Bertz CT molecular complexity index is 643. The highest BCUT2D eigenvalue weighted by atomic mass is 16.6. The number of amides is 1. The summed E-state index contributed by atoms with van der Waals surface area (Å²) in [6, 6.07) is -0.895. The van der Waals surface area contributed by atoms with Crippen LogP contribution in [-0.2, 0) is 19.1 Å². The van der Waals surface area contributed by atoms with Crippen molar-refractivity contribution in [2.45, 2.75) is 82.0 Å². The van der Waals surface area contributed by atoms with Crippen LogP contribution in [-0.4, -0.2) is 59.2 Å². The first-order valence-corrected chi connectivity index (χ1v) is 10.3. The van der Waals surface area contributed by atoms with Gasteiger partial charge in [-0.3, -0.25) is 9.59 Å². The second-order valence-electron chi connectivity index (χ2n) is 7.58. The number of carbonyl (C=O) groups excluding carboxylic acids is 2.